The topological polar surface area (TPSA) is 58.6 Å². The summed E-state index contributed by atoms with van der Waals surface area (Å²) in [5, 5.41) is 2.54. The summed E-state index contributed by atoms with van der Waals surface area (Å²) in [5.41, 5.74) is 3.99. The molecule has 1 aliphatic heterocycles. The Morgan fingerprint density at radius 3 is 2.29 bits per heavy atom. The number of hydrogen-bond acceptors (Lipinski definition) is 4. The minimum atomic E-state index is -0.918. The number of methoxy groups -OCH3 is 1. The Hall–Kier alpha value is -3.84. The van der Waals surface area contributed by atoms with Crippen LogP contribution in [0, 0.1) is 11.6 Å². The molecule has 0 aliphatic carbocycles. The summed E-state index contributed by atoms with van der Waals surface area (Å²) < 4.78 is 32.7. The van der Waals surface area contributed by atoms with Crippen LogP contribution in [0.25, 0.3) is 5.57 Å². The van der Waals surface area contributed by atoms with Gasteiger partial charge < -0.3 is 10.1 Å². The second-order valence-electron chi connectivity index (χ2n) is 8.41. The summed E-state index contributed by atoms with van der Waals surface area (Å²) in [6, 6.07) is 20.5. The molecule has 0 aromatic heterocycles. The van der Waals surface area contributed by atoms with E-state index in [1.54, 1.807) is 12.1 Å². The summed E-state index contributed by atoms with van der Waals surface area (Å²) in [4.78, 5) is 26.8. The van der Waals surface area contributed by atoms with E-state index in [4.69, 9.17) is 4.74 Å². The largest absolute Gasteiger partial charge is 0.469 e. The number of ether oxygens (including phenoxy) is 1. The van der Waals surface area contributed by atoms with Crippen LogP contribution in [0.3, 0.4) is 0 Å². The first-order valence-corrected chi connectivity index (χ1v) is 11.3. The number of esters is 1. The summed E-state index contributed by atoms with van der Waals surface area (Å²) >= 11 is 0. The van der Waals surface area contributed by atoms with E-state index in [0.717, 1.165) is 48.4 Å². The lowest BCUT2D eigenvalue weighted by Crippen LogP contribution is -2.32. The fraction of sp³-hybridized carbons (Fsp3) is 0.214. The van der Waals surface area contributed by atoms with Gasteiger partial charge in [0.1, 0.15) is 17.2 Å². The number of carbonyl (C=O) groups excluding carboxylic acids is 2. The average Bonchev–Trinajstić information content (AvgIpc) is 2.85. The van der Waals surface area contributed by atoms with E-state index in [0.29, 0.717) is 12.2 Å². The normalized spacial score (nSPS) is 14.0. The quantitative estimate of drug-likeness (QED) is 0.462. The molecule has 1 aliphatic rings. The van der Waals surface area contributed by atoms with Crippen molar-refractivity contribution in [2.45, 2.75) is 19.4 Å². The minimum absolute atomic E-state index is 0.197. The van der Waals surface area contributed by atoms with Gasteiger partial charge in [0.15, 0.2) is 0 Å². The third-order valence-electron chi connectivity index (χ3n) is 6.03. The lowest BCUT2D eigenvalue weighted by atomic mass is 9.91. The molecule has 5 nitrogen and oxygen atoms in total. The number of nitrogens with zero attached hydrogens (tertiary/aromatic N) is 1. The summed E-state index contributed by atoms with van der Waals surface area (Å²) in [7, 11) is 1.38. The molecule has 3 aromatic rings. The Bertz CT molecular complexity index is 1220. The van der Waals surface area contributed by atoms with Crippen LogP contribution in [-0.4, -0.2) is 37.0 Å². The first-order valence-electron chi connectivity index (χ1n) is 11.3. The van der Waals surface area contributed by atoms with E-state index in [2.05, 4.69) is 22.3 Å². The molecule has 1 N–H and O–H groups in total. The average molecular weight is 477 g/mol. The van der Waals surface area contributed by atoms with Crippen molar-refractivity contribution in [1.29, 1.82) is 0 Å². The molecule has 7 heteroatoms. The molecule has 180 valence electrons. The molecule has 0 saturated heterocycles. The van der Waals surface area contributed by atoms with Gasteiger partial charge in [0.25, 0.3) is 5.91 Å². The van der Waals surface area contributed by atoms with E-state index >= 15 is 0 Å². The first-order chi connectivity index (χ1) is 16.9. The van der Waals surface area contributed by atoms with Crippen LogP contribution in [0.15, 0.2) is 78.4 Å². The molecule has 0 fully saturated rings. The number of hydrogen-bond donors (Lipinski definition) is 1. The van der Waals surface area contributed by atoms with Gasteiger partial charge in [0, 0.05) is 25.3 Å². The molecule has 0 unspecified atom stereocenters. The van der Waals surface area contributed by atoms with Crippen molar-refractivity contribution < 1.29 is 23.1 Å². The third-order valence-corrected chi connectivity index (χ3v) is 6.03. The smallest absolute Gasteiger partial charge is 0.309 e. The van der Waals surface area contributed by atoms with Crippen LogP contribution >= 0.6 is 0 Å². The van der Waals surface area contributed by atoms with Crippen molar-refractivity contribution in [3.63, 3.8) is 0 Å². The molecule has 1 heterocycles. The zero-order valence-corrected chi connectivity index (χ0v) is 19.4. The lowest BCUT2D eigenvalue weighted by Gasteiger charge is -2.31. The first kappa shape index (κ1) is 24.3. The van der Waals surface area contributed by atoms with Crippen LogP contribution in [0.5, 0.6) is 0 Å². The Morgan fingerprint density at radius 2 is 1.63 bits per heavy atom. The maximum atomic E-state index is 13.9. The van der Waals surface area contributed by atoms with Gasteiger partial charge in [0.05, 0.1) is 13.5 Å². The van der Waals surface area contributed by atoms with Crippen molar-refractivity contribution >= 4 is 23.1 Å². The summed E-state index contributed by atoms with van der Waals surface area (Å²) in [6.45, 7) is 2.26. The number of anilines is 1. The van der Waals surface area contributed by atoms with Gasteiger partial charge in [-0.3, -0.25) is 14.5 Å². The highest BCUT2D eigenvalue weighted by Gasteiger charge is 2.23. The Labute approximate surface area is 203 Å². The van der Waals surface area contributed by atoms with Crippen molar-refractivity contribution in [3.8, 4) is 0 Å². The molecule has 0 atom stereocenters. The second kappa shape index (κ2) is 11.1. The number of benzene rings is 3. The lowest BCUT2D eigenvalue weighted by molar-refractivity contribution is -0.139. The molecule has 0 radical (unpaired) electrons. The molecule has 1 amide bonds. The molecule has 35 heavy (non-hydrogen) atoms. The highest BCUT2D eigenvalue weighted by atomic mass is 19.1. The zero-order valence-electron chi connectivity index (χ0n) is 19.4. The van der Waals surface area contributed by atoms with Gasteiger partial charge in [-0.25, -0.2) is 8.78 Å². The highest BCUT2D eigenvalue weighted by molar-refractivity contribution is 6.04. The van der Waals surface area contributed by atoms with E-state index in [-0.39, 0.29) is 12.4 Å². The van der Waals surface area contributed by atoms with Crippen molar-refractivity contribution in [2.24, 2.45) is 0 Å². The SMILES string of the molecule is COC(=O)CC1=C(c2ccc(NC(=O)c3c(F)cccc3F)cc2)CCN(Cc2ccccc2)C1. The monoisotopic (exact) mass is 476 g/mol. The number of nitrogens with one attached hydrogen (secondary N) is 1. The second-order valence-corrected chi connectivity index (χ2v) is 8.41. The van der Waals surface area contributed by atoms with Crippen LogP contribution in [0.4, 0.5) is 14.5 Å². The van der Waals surface area contributed by atoms with Crippen molar-refractivity contribution in [2.75, 3.05) is 25.5 Å². The van der Waals surface area contributed by atoms with E-state index < -0.39 is 23.1 Å². The van der Waals surface area contributed by atoms with Crippen molar-refractivity contribution in [1.82, 2.24) is 4.90 Å². The number of amides is 1. The van der Waals surface area contributed by atoms with Crippen LogP contribution in [0.2, 0.25) is 0 Å². The van der Waals surface area contributed by atoms with E-state index in [9.17, 15) is 18.4 Å². The molecule has 0 spiro atoms. The maximum Gasteiger partial charge on any atom is 0.309 e. The Morgan fingerprint density at radius 1 is 0.943 bits per heavy atom. The predicted molar refractivity (Wildman–Crippen MR) is 131 cm³/mol. The van der Waals surface area contributed by atoms with Gasteiger partial charge in [0.2, 0.25) is 0 Å². The van der Waals surface area contributed by atoms with E-state index in [1.165, 1.54) is 18.7 Å². The fourth-order valence-electron chi connectivity index (χ4n) is 4.29. The zero-order chi connectivity index (χ0) is 24.8. The summed E-state index contributed by atoms with van der Waals surface area (Å²) in [5.74, 6) is -2.99. The highest BCUT2D eigenvalue weighted by Crippen LogP contribution is 2.31. The van der Waals surface area contributed by atoms with Gasteiger partial charge >= 0.3 is 5.97 Å². The molecule has 3 aromatic carbocycles. The minimum Gasteiger partial charge on any atom is -0.469 e. The predicted octanol–water partition coefficient (Wildman–Crippen LogP) is 5.44. The standard InChI is InChI=1S/C28H26F2N2O3/c1-35-26(33)16-21-18-32(17-19-6-3-2-4-7-19)15-14-23(21)20-10-12-22(13-11-20)31-28(34)27-24(29)8-5-9-25(27)30/h2-13H,14-18H2,1H3,(H,31,34). The van der Waals surface area contributed by atoms with Crippen molar-refractivity contribution in [3.05, 3.63) is 107 Å². The number of carbonyl (C=O) groups is 2. The molecular weight excluding hydrogens is 450 g/mol. The number of halogens is 2. The van der Waals surface area contributed by atoms with Gasteiger partial charge in [-0.1, -0.05) is 48.5 Å². The van der Waals surface area contributed by atoms with Gasteiger partial charge in [-0.05, 0) is 53.0 Å². The Kier molecular flexibility index (Phi) is 7.67. The van der Waals surface area contributed by atoms with Crippen LogP contribution < -0.4 is 5.32 Å². The fourth-order valence-corrected chi connectivity index (χ4v) is 4.29. The van der Waals surface area contributed by atoms with E-state index in [1.807, 2.05) is 30.3 Å². The maximum absolute atomic E-state index is 13.9. The van der Waals surface area contributed by atoms with Crippen LogP contribution in [-0.2, 0) is 16.1 Å². The Balaban J connectivity index is 1.52. The molecule has 4 rings (SSSR count). The third kappa shape index (κ3) is 6.00. The van der Waals surface area contributed by atoms with Crippen LogP contribution in [0.1, 0.15) is 34.3 Å². The summed E-state index contributed by atoms with van der Waals surface area (Å²) in [6.07, 6.45) is 0.952. The molecular formula is C28H26F2N2O3. The molecule has 0 saturated carbocycles. The number of rotatable bonds is 7. The van der Waals surface area contributed by atoms with Gasteiger partial charge in [-0.15, -0.1) is 0 Å². The van der Waals surface area contributed by atoms with Gasteiger partial charge in [-0.2, -0.15) is 0 Å². The molecule has 0 bridgehead atoms.